The third kappa shape index (κ3) is 5.32. The molecule has 2 aromatic rings. The molecule has 0 N–H and O–H groups in total. The smallest absolute Gasteiger partial charge is 0.419 e. The lowest BCUT2D eigenvalue weighted by atomic mass is 10.1. The van der Waals surface area contributed by atoms with E-state index in [0.717, 1.165) is 12.1 Å². The second-order valence-electron chi connectivity index (χ2n) is 5.76. The molecule has 8 heteroatoms. The highest BCUT2D eigenvalue weighted by atomic mass is 35.5. The Kier molecular flexibility index (Phi) is 7.06. The molecular weight excluding hydrogens is 401 g/mol. The minimum absolute atomic E-state index is 0.164. The highest BCUT2D eigenvalue weighted by Crippen LogP contribution is 2.39. The summed E-state index contributed by atoms with van der Waals surface area (Å²) >= 11 is 10.2. The van der Waals surface area contributed by atoms with Crippen LogP contribution in [0.3, 0.4) is 0 Å². The molecule has 0 aliphatic carbocycles. The first kappa shape index (κ1) is 21.4. The summed E-state index contributed by atoms with van der Waals surface area (Å²) in [6.07, 6.45) is -4.43. The van der Waals surface area contributed by atoms with Crippen LogP contribution in [0.15, 0.2) is 30.3 Å². The van der Waals surface area contributed by atoms with E-state index in [0.29, 0.717) is 22.4 Å². The average Bonchev–Trinajstić information content (AvgIpc) is 2.61. The summed E-state index contributed by atoms with van der Waals surface area (Å²) in [4.78, 5) is 11.6. The normalized spacial score (nSPS) is 11.4. The van der Waals surface area contributed by atoms with Crippen molar-refractivity contribution in [2.24, 2.45) is 0 Å². The minimum Gasteiger partial charge on any atom is -0.488 e. The van der Waals surface area contributed by atoms with Gasteiger partial charge >= 0.3 is 12.1 Å². The van der Waals surface area contributed by atoms with Gasteiger partial charge in [0.25, 0.3) is 0 Å². The number of carbonyl (C=O) groups is 1. The second kappa shape index (κ2) is 8.89. The van der Waals surface area contributed by atoms with E-state index in [4.69, 9.17) is 21.1 Å². The van der Waals surface area contributed by atoms with Gasteiger partial charge in [0.2, 0.25) is 0 Å². The summed E-state index contributed by atoms with van der Waals surface area (Å²) in [5, 5.41) is 0.165. The number of esters is 1. The van der Waals surface area contributed by atoms with E-state index >= 15 is 0 Å². The minimum atomic E-state index is -4.59. The van der Waals surface area contributed by atoms with Crippen molar-refractivity contribution in [2.45, 2.75) is 38.8 Å². The van der Waals surface area contributed by atoms with Crippen LogP contribution in [0.2, 0.25) is 5.02 Å². The van der Waals surface area contributed by atoms with Gasteiger partial charge in [-0.05, 0) is 36.2 Å². The maximum atomic E-state index is 13.3. The van der Waals surface area contributed by atoms with E-state index in [-0.39, 0.29) is 29.5 Å². The molecule has 0 atom stereocenters. The Balaban J connectivity index is 2.39. The van der Waals surface area contributed by atoms with Crippen LogP contribution in [0.25, 0.3) is 0 Å². The molecule has 0 heterocycles. The van der Waals surface area contributed by atoms with Gasteiger partial charge in [0, 0.05) is 22.8 Å². The summed E-state index contributed by atoms with van der Waals surface area (Å²) in [6, 6.07) is 7.06. The predicted molar refractivity (Wildman–Crippen MR) is 101 cm³/mol. The lowest BCUT2D eigenvalue weighted by molar-refractivity contribution is -0.139. The number of alkyl halides is 3. The first-order valence-corrected chi connectivity index (χ1v) is 9.10. The number of aryl methyl sites for hydroxylation is 1. The van der Waals surface area contributed by atoms with Crippen LogP contribution in [0.4, 0.5) is 13.2 Å². The molecule has 0 bridgehead atoms. The van der Waals surface area contributed by atoms with E-state index in [2.05, 4.69) is 12.6 Å². The van der Waals surface area contributed by atoms with Crippen LogP contribution in [-0.4, -0.2) is 5.97 Å². The monoisotopic (exact) mass is 418 g/mol. The van der Waals surface area contributed by atoms with Gasteiger partial charge in [-0.25, -0.2) is 0 Å². The lowest BCUT2D eigenvalue weighted by Gasteiger charge is -2.18. The zero-order chi connectivity index (χ0) is 20.2. The van der Waals surface area contributed by atoms with Gasteiger partial charge in [-0.2, -0.15) is 25.8 Å². The van der Waals surface area contributed by atoms with Crippen molar-refractivity contribution in [2.75, 3.05) is 0 Å². The molecule has 0 amide bonds. The number of hydrogen-bond acceptors (Lipinski definition) is 4. The summed E-state index contributed by atoms with van der Waals surface area (Å²) in [6.45, 7) is 2.90. The molecule has 27 heavy (non-hydrogen) atoms. The van der Waals surface area contributed by atoms with E-state index in [1.165, 1.54) is 6.92 Å². The third-order valence-corrected chi connectivity index (χ3v) is 4.60. The Bertz CT molecular complexity index is 838. The number of carbonyl (C=O) groups excluding carboxylic acids is 1. The van der Waals surface area contributed by atoms with Gasteiger partial charge < -0.3 is 9.47 Å². The van der Waals surface area contributed by atoms with Crippen molar-refractivity contribution < 1.29 is 27.4 Å². The largest absolute Gasteiger partial charge is 0.488 e. The third-order valence-electron chi connectivity index (χ3n) is 3.85. The Morgan fingerprint density at radius 1 is 1.22 bits per heavy atom. The van der Waals surface area contributed by atoms with Crippen LogP contribution >= 0.6 is 24.2 Å². The van der Waals surface area contributed by atoms with E-state index in [1.807, 2.05) is 0 Å². The van der Waals surface area contributed by atoms with Crippen LogP contribution in [0.5, 0.6) is 11.5 Å². The zero-order valence-corrected chi connectivity index (χ0v) is 16.3. The molecule has 0 radical (unpaired) electrons. The fourth-order valence-electron chi connectivity index (χ4n) is 2.37. The SMILES string of the molecule is CCC(=O)Oc1cccc(CS)c1COc1cc(Cl)c(C)cc1C(F)(F)F. The molecule has 3 nitrogen and oxygen atoms in total. The van der Waals surface area contributed by atoms with Gasteiger partial charge in [0.1, 0.15) is 18.1 Å². The summed E-state index contributed by atoms with van der Waals surface area (Å²) < 4.78 is 50.7. The molecule has 0 fully saturated rings. The van der Waals surface area contributed by atoms with Gasteiger partial charge in [0.05, 0.1) is 5.56 Å². The number of halogens is 4. The maximum Gasteiger partial charge on any atom is 0.419 e. The van der Waals surface area contributed by atoms with Crippen molar-refractivity contribution in [3.8, 4) is 11.5 Å². The number of benzene rings is 2. The lowest BCUT2D eigenvalue weighted by Crippen LogP contribution is -2.12. The van der Waals surface area contributed by atoms with Crippen molar-refractivity contribution in [3.63, 3.8) is 0 Å². The van der Waals surface area contributed by atoms with Gasteiger partial charge in [-0.1, -0.05) is 30.7 Å². The molecule has 0 aromatic heterocycles. The molecule has 2 rings (SSSR count). The van der Waals surface area contributed by atoms with Crippen molar-refractivity contribution >= 4 is 30.2 Å². The Hall–Kier alpha value is -1.86. The quantitative estimate of drug-likeness (QED) is 0.355. The molecular formula is C19H18ClF3O3S. The molecule has 146 valence electrons. The second-order valence-corrected chi connectivity index (χ2v) is 6.49. The first-order chi connectivity index (χ1) is 12.7. The Labute approximate surface area is 165 Å². The highest BCUT2D eigenvalue weighted by Gasteiger charge is 2.35. The van der Waals surface area contributed by atoms with E-state index < -0.39 is 17.7 Å². The van der Waals surface area contributed by atoms with E-state index in [9.17, 15) is 18.0 Å². The van der Waals surface area contributed by atoms with Crippen molar-refractivity contribution in [3.05, 3.63) is 57.6 Å². The molecule has 0 unspecified atom stereocenters. The Morgan fingerprint density at radius 3 is 2.52 bits per heavy atom. The Morgan fingerprint density at radius 2 is 1.93 bits per heavy atom. The molecule has 0 aliphatic rings. The molecule has 0 spiro atoms. The number of rotatable bonds is 6. The number of thiol groups is 1. The standard InChI is InChI=1S/C19H18ClF3O3S/c1-3-18(24)26-16-6-4-5-12(10-27)13(16)9-25-17-8-15(20)11(2)7-14(17)19(21,22)23/h4-8,27H,3,9-10H2,1-2H3. The summed E-state index contributed by atoms with van der Waals surface area (Å²) in [5.74, 6) is -0.307. The topological polar surface area (TPSA) is 35.5 Å². The first-order valence-electron chi connectivity index (χ1n) is 8.09. The van der Waals surface area contributed by atoms with Crippen molar-refractivity contribution in [1.29, 1.82) is 0 Å². The van der Waals surface area contributed by atoms with Crippen LogP contribution in [-0.2, 0) is 23.3 Å². The predicted octanol–water partition coefficient (Wildman–Crippen LogP) is 5.99. The fraction of sp³-hybridized carbons (Fsp3) is 0.316. The molecule has 0 saturated heterocycles. The fourth-order valence-corrected chi connectivity index (χ4v) is 2.82. The number of hydrogen-bond donors (Lipinski definition) is 1. The highest BCUT2D eigenvalue weighted by molar-refractivity contribution is 7.79. The van der Waals surface area contributed by atoms with E-state index in [1.54, 1.807) is 25.1 Å². The van der Waals surface area contributed by atoms with Gasteiger partial charge in [0.15, 0.2) is 0 Å². The van der Waals surface area contributed by atoms with Crippen molar-refractivity contribution in [1.82, 2.24) is 0 Å². The van der Waals surface area contributed by atoms with Crippen LogP contribution in [0.1, 0.15) is 35.6 Å². The van der Waals surface area contributed by atoms with Gasteiger partial charge in [-0.15, -0.1) is 0 Å². The van der Waals surface area contributed by atoms with Crippen LogP contribution < -0.4 is 9.47 Å². The molecule has 0 aliphatic heterocycles. The molecule has 0 saturated carbocycles. The molecule has 2 aromatic carbocycles. The average molecular weight is 419 g/mol. The van der Waals surface area contributed by atoms with Gasteiger partial charge in [-0.3, -0.25) is 4.79 Å². The summed E-state index contributed by atoms with van der Waals surface area (Å²) in [5.41, 5.74) is 0.523. The zero-order valence-electron chi connectivity index (χ0n) is 14.7. The maximum absolute atomic E-state index is 13.3. The number of ether oxygens (including phenoxy) is 2. The summed E-state index contributed by atoms with van der Waals surface area (Å²) in [7, 11) is 0. The van der Waals surface area contributed by atoms with Crippen LogP contribution in [0, 0.1) is 6.92 Å².